The number of likely N-dealkylation sites (tertiary alicyclic amines) is 1. The van der Waals surface area contributed by atoms with Crippen molar-refractivity contribution >= 4 is 40.0 Å². The Hall–Kier alpha value is -2.16. The fraction of sp³-hybridized carbons (Fsp3) is 0.500. The van der Waals surface area contributed by atoms with Crippen molar-refractivity contribution in [1.29, 1.82) is 0 Å². The number of piperidine rings is 1. The van der Waals surface area contributed by atoms with Gasteiger partial charge >= 0.3 is 5.97 Å². The molecule has 0 amide bonds. The summed E-state index contributed by atoms with van der Waals surface area (Å²) in [5, 5.41) is 12.7. The number of thioether (sulfide) groups is 1. The highest BCUT2D eigenvalue weighted by atomic mass is 32.2. The smallest absolute Gasteiger partial charge is 0.303 e. The molecule has 6 nitrogen and oxygen atoms in total. The number of hydrogen-bond donors (Lipinski definition) is 1. The lowest BCUT2D eigenvalue weighted by atomic mass is 9.80. The Morgan fingerprint density at radius 3 is 2.94 bits per heavy atom. The van der Waals surface area contributed by atoms with Crippen molar-refractivity contribution < 1.29 is 14.6 Å². The van der Waals surface area contributed by atoms with Gasteiger partial charge in [-0.3, -0.25) is 9.78 Å². The summed E-state index contributed by atoms with van der Waals surface area (Å²) in [5.74, 6) is 1.93. The third kappa shape index (κ3) is 6.93. The minimum Gasteiger partial charge on any atom is -0.497 e. The average molecular weight is 500 g/mol. The van der Waals surface area contributed by atoms with Gasteiger partial charge in [0.1, 0.15) is 10.1 Å². The van der Waals surface area contributed by atoms with Crippen LogP contribution in [0.3, 0.4) is 0 Å². The lowest BCUT2D eigenvalue weighted by molar-refractivity contribution is -0.139. The Balaban J connectivity index is 1.28. The summed E-state index contributed by atoms with van der Waals surface area (Å²) >= 11 is 3.50. The summed E-state index contributed by atoms with van der Waals surface area (Å²) in [6.45, 7) is 3.00. The number of benzene rings is 1. The van der Waals surface area contributed by atoms with Gasteiger partial charge in [0.2, 0.25) is 0 Å². The van der Waals surface area contributed by atoms with Crippen LogP contribution in [0.5, 0.6) is 5.75 Å². The molecule has 0 saturated carbocycles. The lowest BCUT2D eigenvalue weighted by Crippen LogP contribution is -2.41. The maximum atomic E-state index is 11.6. The molecule has 3 heterocycles. The first kappa shape index (κ1) is 24.9. The predicted molar refractivity (Wildman–Crippen MR) is 139 cm³/mol. The van der Waals surface area contributed by atoms with Crippen LogP contribution in [0.15, 0.2) is 46.4 Å². The molecule has 8 heteroatoms. The monoisotopic (exact) mass is 499 g/mol. The van der Waals surface area contributed by atoms with Crippen LogP contribution in [-0.4, -0.2) is 58.4 Å². The highest BCUT2D eigenvalue weighted by Gasteiger charge is 2.30. The molecule has 3 aromatic rings. The van der Waals surface area contributed by atoms with E-state index in [1.54, 1.807) is 18.4 Å². The third-order valence-electron chi connectivity index (χ3n) is 6.73. The number of thiazole rings is 1. The summed E-state index contributed by atoms with van der Waals surface area (Å²) in [6.07, 6.45) is 9.28. The Bertz CT molecular complexity index is 1060. The Labute approximate surface area is 209 Å². The molecule has 1 N–H and O–H groups in total. The standard InChI is InChI=1S/C26H33N3O3S2/c1-32-22-6-7-24-23(17-22)20(8-10-27-24)5-2-4-19-9-13-29(18-21(19)16-25(30)31)12-3-14-33-26-28-11-15-34-26/h6-8,10-11,15,17,19,21H,2-5,9,12-14,16,18H2,1H3,(H,30,31)/t19-,21+/m1/s1. The summed E-state index contributed by atoms with van der Waals surface area (Å²) in [7, 11) is 1.69. The molecule has 0 bridgehead atoms. The number of nitrogens with zero attached hydrogens (tertiary/aromatic N) is 3. The number of hydrogen-bond acceptors (Lipinski definition) is 7. The molecule has 1 aliphatic heterocycles. The minimum absolute atomic E-state index is 0.229. The summed E-state index contributed by atoms with van der Waals surface area (Å²) in [5.41, 5.74) is 2.28. The van der Waals surface area contributed by atoms with Crippen LogP contribution in [0.4, 0.5) is 0 Å². The van der Waals surface area contributed by atoms with Crippen LogP contribution >= 0.6 is 23.1 Å². The fourth-order valence-electron chi connectivity index (χ4n) is 5.01. The van der Waals surface area contributed by atoms with Gasteiger partial charge in [0, 0.05) is 41.9 Å². The van der Waals surface area contributed by atoms with E-state index >= 15 is 0 Å². The van der Waals surface area contributed by atoms with E-state index in [0.29, 0.717) is 5.92 Å². The number of ether oxygens (including phenoxy) is 1. The number of pyridine rings is 1. The zero-order valence-corrected chi connectivity index (χ0v) is 21.3. The summed E-state index contributed by atoms with van der Waals surface area (Å²) in [4.78, 5) is 22.8. The number of carbonyl (C=O) groups is 1. The van der Waals surface area contributed by atoms with E-state index in [9.17, 15) is 9.90 Å². The van der Waals surface area contributed by atoms with Gasteiger partial charge in [-0.15, -0.1) is 11.3 Å². The SMILES string of the molecule is COc1ccc2nccc(CCC[C@@H]3CCN(CCCSc4nccs4)C[C@@H]3CC(=O)O)c2c1. The molecule has 2 atom stereocenters. The molecule has 1 saturated heterocycles. The predicted octanol–water partition coefficient (Wildman–Crippen LogP) is 5.62. The molecule has 0 unspecified atom stereocenters. The van der Waals surface area contributed by atoms with Crippen molar-refractivity contribution in [2.24, 2.45) is 11.8 Å². The molecule has 34 heavy (non-hydrogen) atoms. The minimum atomic E-state index is -0.677. The van der Waals surface area contributed by atoms with E-state index < -0.39 is 5.97 Å². The van der Waals surface area contributed by atoms with Gasteiger partial charge in [-0.2, -0.15) is 0 Å². The maximum Gasteiger partial charge on any atom is 0.303 e. The van der Waals surface area contributed by atoms with Crippen molar-refractivity contribution in [2.75, 3.05) is 32.5 Å². The highest BCUT2D eigenvalue weighted by Crippen LogP contribution is 2.32. The molecule has 182 valence electrons. The van der Waals surface area contributed by atoms with Crippen LogP contribution in [0.1, 0.15) is 37.7 Å². The molecule has 1 fully saturated rings. The second kappa shape index (κ2) is 12.5. The molecule has 4 rings (SSSR count). The van der Waals surface area contributed by atoms with E-state index in [1.165, 1.54) is 5.56 Å². The van der Waals surface area contributed by atoms with Gasteiger partial charge in [-0.1, -0.05) is 11.8 Å². The number of aryl methyl sites for hydroxylation is 1. The van der Waals surface area contributed by atoms with E-state index in [1.807, 2.05) is 41.7 Å². The topological polar surface area (TPSA) is 75.5 Å². The van der Waals surface area contributed by atoms with Crippen LogP contribution in [-0.2, 0) is 11.2 Å². The van der Waals surface area contributed by atoms with Gasteiger partial charge < -0.3 is 14.7 Å². The van der Waals surface area contributed by atoms with Crippen molar-refractivity contribution in [3.05, 3.63) is 47.6 Å². The first-order valence-electron chi connectivity index (χ1n) is 12.0. The molecule has 1 aliphatic rings. The number of carboxylic acids is 1. The van der Waals surface area contributed by atoms with E-state index in [2.05, 4.69) is 27.0 Å². The third-order valence-corrected chi connectivity index (χ3v) is 8.78. The molecule has 0 radical (unpaired) electrons. The van der Waals surface area contributed by atoms with Crippen molar-refractivity contribution in [2.45, 2.75) is 42.9 Å². The van der Waals surface area contributed by atoms with Crippen LogP contribution in [0.2, 0.25) is 0 Å². The van der Waals surface area contributed by atoms with Gasteiger partial charge in [0.05, 0.1) is 12.6 Å². The molecule has 0 aliphatic carbocycles. The van der Waals surface area contributed by atoms with Crippen molar-refractivity contribution in [3.8, 4) is 5.75 Å². The summed E-state index contributed by atoms with van der Waals surface area (Å²) in [6, 6.07) is 8.12. The number of fused-ring (bicyclic) bond motifs is 1. The van der Waals surface area contributed by atoms with Gasteiger partial charge in [-0.05, 0) is 86.9 Å². The Morgan fingerprint density at radius 2 is 2.15 bits per heavy atom. The molecular formula is C26H33N3O3S2. The first-order valence-corrected chi connectivity index (χ1v) is 13.9. The highest BCUT2D eigenvalue weighted by molar-refractivity contribution is 8.00. The maximum absolute atomic E-state index is 11.6. The molecular weight excluding hydrogens is 466 g/mol. The van der Waals surface area contributed by atoms with Gasteiger partial charge in [0.15, 0.2) is 0 Å². The van der Waals surface area contributed by atoms with Crippen LogP contribution < -0.4 is 4.74 Å². The number of carboxylic acid groups (broad SMARTS) is 1. The van der Waals surface area contributed by atoms with Crippen molar-refractivity contribution in [3.63, 3.8) is 0 Å². The second-order valence-electron chi connectivity index (χ2n) is 8.95. The molecule has 1 aromatic carbocycles. The largest absolute Gasteiger partial charge is 0.497 e. The van der Waals surface area contributed by atoms with Crippen LogP contribution in [0.25, 0.3) is 10.9 Å². The zero-order valence-electron chi connectivity index (χ0n) is 19.7. The second-order valence-corrected chi connectivity index (χ2v) is 11.2. The van der Waals surface area contributed by atoms with E-state index in [-0.39, 0.29) is 12.3 Å². The number of rotatable bonds is 12. The average Bonchev–Trinajstić information content (AvgIpc) is 3.36. The summed E-state index contributed by atoms with van der Waals surface area (Å²) < 4.78 is 6.53. The lowest BCUT2D eigenvalue weighted by Gasteiger charge is -2.38. The number of methoxy groups -OCH3 is 1. The van der Waals surface area contributed by atoms with E-state index in [4.69, 9.17) is 4.74 Å². The fourth-order valence-corrected chi connectivity index (χ4v) is 6.64. The Morgan fingerprint density at radius 1 is 1.24 bits per heavy atom. The quantitative estimate of drug-likeness (QED) is 0.256. The number of aromatic nitrogens is 2. The number of aliphatic carboxylic acids is 1. The molecule has 2 aromatic heterocycles. The van der Waals surface area contributed by atoms with Gasteiger partial charge in [-0.25, -0.2) is 4.98 Å². The molecule has 0 spiro atoms. The zero-order chi connectivity index (χ0) is 23.8. The van der Waals surface area contributed by atoms with Gasteiger partial charge in [0.25, 0.3) is 0 Å². The Kier molecular flexibility index (Phi) is 9.18. The first-order chi connectivity index (χ1) is 16.6. The normalized spacial score (nSPS) is 18.9. The van der Waals surface area contributed by atoms with Crippen molar-refractivity contribution in [1.82, 2.24) is 14.9 Å². The van der Waals surface area contributed by atoms with E-state index in [0.717, 1.165) is 78.5 Å². The van der Waals surface area contributed by atoms with Crippen LogP contribution in [0, 0.1) is 11.8 Å².